The first-order valence-corrected chi connectivity index (χ1v) is 6.94. The van der Waals surface area contributed by atoms with Crippen LogP contribution in [-0.4, -0.2) is 27.1 Å². The molecule has 0 radical (unpaired) electrons. The molecule has 5 nitrogen and oxygen atoms in total. The Morgan fingerprint density at radius 1 is 1.35 bits per heavy atom. The maximum absolute atomic E-state index is 11.2. The lowest BCUT2D eigenvalue weighted by atomic mass is 10.2. The monoisotopic (exact) mass is 257 g/mol. The van der Waals surface area contributed by atoms with E-state index in [1.165, 1.54) is 6.07 Å². The first kappa shape index (κ1) is 13.5. The van der Waals surface area contributed by atoms with Gasteiger partial charge in [0.05, 0.1) is 18.0 Å². The summed E-state index contributed by atoms with van der Waals surface area (Å²) in [5, 5.41) is 0. The molecular formula is C11H15NO4S. The Morgan fingerprint density at radius 3 is 2.47 bits per heavy atom. The van der Waals surface area contributed by atoms with Gasteiger partial charge in [0.25, 0.3) is 0 Å². The molecule has 1 aromatic carbocycles. The smallest absolute Gasteiger partial charge is 0.229 e. The molecule has 0 fully saturated rings. The van der Waals surface area contributed by atoms with Crippen molar-refractivity contribution < 1.29 is 17.9 Å². The van der Waals surface area contributed by atoms with Crippen molar-refractivity contribution in [3.63, 3.8) is 0 Å². The van der Waals surface area contributed by atoms with Gasteiger partial charge in [-0.15, -0.1) is 0 Å². The van der Waals surface area contributed by atoms with E-state index in [0.717, 1.165) is 6.26 Å². The van der Waals surface area contributed by atoms with Crippen LogP contribution in [0.25, 0.3) is 0 Å². The van der Waals surface area contributed by atoms with Crippen molar-refractivity contribution in [3.8, 4) is 5.75 Å². The third-order valence-electron chi connectivity index (χ3n) is 1.80. The first-order chi connectivity index (χ1) is 7.81. The van der Waals surface area contributed by atoms with E-state index in [2.05, 4.69) is 4.72 Å². The molecule has 0 spiro atoms. The summed E-state index contributed by atoms with van der Waals surface area (Å²) in [6, 6.07) is 4.57. The minimum atomic E-state index is -3.41. The van der Waals surface area contributed by atoms with Gasteiger partial charge in [0.1, 0.15) is 12.0 Å². The highest BCUT2D eigenvalue weighted by molar-refractivity contribution is 7.92. The van der Waals surface area contributed by atoms with E-state index in [4.69, 9.17) is 4.74 Å². The van der Waals surface area contributed by atoms with Crippen molar-refractivity contribution in [3.05, 3.63) is 23.8 Å². The molecular weight excluding hydrogens is 242 g/mol. The predicted octanol–water partition coefficient (Wildman–Crippen LogP) is 1.66. The largest absolute Gasteiger partial charge is 0.489 e. The molecule has 0 aromatic heterocycles. The van der Waals surface area contributed by atoms with Crippen LogP contribution < -0.4 is 9.46 Å². The van der Waals surface area contributed by atoms with Crippen LogP contribution in [-0.2, 0) is 10.0 Å². The number of rotatable bonds is 5. The molecule has 0 saturated heterocycles. The summed E-state index contributed by atoms with van der Waals surface area (Å²) >= 11 is 0. The fraction of sp³-hybridized carbons (Fsp3) is 0.364. The molecule has 1 rings (SSSR count). The normalized spacial score (nSPS) is 11.3. The molecule has 0 bridgehead atoms. The Morgan fingerprint density at radius 2 is 2.00 bits per heavy atom. The van der Waals surface area contributed by atoms with Crippen molar-refractivity contribution in [1.29, 1.82) is 0 Å². The number of carbonyl (C=O) groups is 1. The van der Waals surface area contributed by atoms with E-state index in [9.17, 15) is 13.2 Å². The number of nitrogens with one attached hydrogen (secondary N) is 1. The Balaban J connectivity index is 3.15. The van der Waals surface area contributed by atoms with Gasteiger partial charge in [0, 0.05) is 5.56 Å². The molecule has 0 aliphatic carbocycles. The van der Waals surface area contributed by atoms with Crippen molar-refractivity contribution in [2.45, 2.75) is 20.0 Å². The average Bonchev–Trinajstić information content (AvgIpc) is 2.17. The Labute approximate surface area is 101 Å². The van der Waals surface area contributed by atoms with Crippen LogP contribution in [0.4, 0.5) is 5.69 Å². The zero-order valence-electron chi connectivity index (χ0n) is 9.93. The number of anilines is 1. The minimum absolute atomic E-state index is 0.0859. The second kappa shape index (κ2) is 5.18. The maximum Gasteiger partial charge on any atom is 0.229 e. The van der Waals surface area contributed by atoms with E-state index >= 15 is 0 Å². The molecule has 17 heavy (non-hydrogen) atoms. The highest BCUT2D eigenvalue weighted by Crippen LogP contribution is 2.27. The van der Waals surface area contributed by atoms with E-state index in [0.29, 0.717) is 17.6 Å². The van der Waals surface area contributed by atoms with Crippen molar-refractivity contribution in [2.75, 3.05) is 11.0 Å². The summed E-state index contributed by atoms with van der Waals surface area (Å²) in [6.45, 7) is 3.66. The van der Waals surface area contributed by atoms with Gasteiger partial charge in [-0.1, -0.05) is 0 Å². The highest BCUT2D eigenvalue weighted by atomic mass is 32.2. The number of hydrogen-bond acceptors (Lipinski definition) is 4. The van der Waals surface area contributed by atoms with Gasteiger partial charge in [-0.2, -0.15) is 0 Å². The summed E-state index contributed by atoms with van der Waals surface area (Å²) in [5.41, 5.74) is 0.651. The van der Waals surface area contributed by atoms with Gasteiger partial charge in [-0.3, -0.25) is 9.52 Å². The number of carbonyl (C=O) groups excluding carboxylic acids is 1. The Kier molecular flexibility index (Phi) is 4.11. The molecule has 0 atom stereocenters. The molecule has 0 aliphatic rings. The van der Waals surface area contributed by atoms with Gasteiger partial charge in [0.2, 0.25) is 10.0 Å². The lowest BCUT2D eigenvalue weighted by Gasteiger charge is -2.15. The SMILES string of the molecule is CC(C)Oc1ccc(C=O)cc1NS(C)(=O)=O. The summed E-state index contributed by atoms with van der Waals surface area (Å²) in [4.78, 5) is 10.6. The fourth-order valence-electron chi connectivity index (χ4n) is 1.26. The number of benzene rings is 1. The molecule has 0 heterocycles. The lowest BCUT2D eigenvalue weighted by molar-refractivity contribution is 0.112. The van der Waals surface area contributed by atoms with E-state index in [1.54, 1.807) is 12.1 Å². The van der Waals surface area contributed by atoms with Gasteiger partial charge in [-0.05, 0) is 32.0 Å². The molecule has 6 heteroatoms. The number of sulfonamides is 1. The molecule has 0 saturated carbocycles. The van der Waals surface area contributed by atoms with E-state index in [1.807, 2.05) is 13.8 Å². The molecule has 0 amide bonds. The van der Waals surface area contributed by atoms with Crippen LogP contribution in [0.2, 0.25) is 0 Å². The molecule has 94 valence electrons. The summed E-state index contributed by atoms with van der Waals surface area (Å²) in [6.07, 6.45) is 1.60. The minimum Gasteiger partial charge on any atom is -0.489 e. The zero-order chi connectivity index (χ0) is 13.1. The predicted molar refractivity (Wildman–Crippen MR) is 66.1 cm³/mol. The van der Waals surface area contributed by atoms with Crippen LogP contribution in [0.15, 0.2) is 18.2 Å². The van der Waals surface area contributed by atoms with E-state index in [-0.39, 0.29) is 11.8 Å². The van der Waals surface area contributed by atoms with Gasteiger partial charge >= 0.3 is 0 Å². The molecule has 0 aliphatic heterocycles. The first-order valence-electron chi connectivity index (χ1n) is 5.05. The van der Waals surface area contributed by atoms with Gasteiger partial charge in [-0.25, -0.2) is 8.42 Å². The van der Waals surface area contributed by atoms with Crippen LogP contribution in [0, 0.1) is 0 Å². The summed E-state index contributed by atoms with van der Waals surface area (Å²) in [7, 11) is -3.41. The highest BCUT2D eigenvalue weighted by Gasteiger charge is 2.10. The molecule has 1 N–H and O–H groups in total. The van der Waals surface area contributed by atoms with Crippen LogP contribution in [0.3, 0.4) is 0 Å². The van der Waals surface area contributed by atoms with E-state index < -0.39 is 10.0 Å². The van der Waals surface area contributed by atoms with Crippen LogP contribution in [0.5, 0.6) is 5.75 Å². The van der Waals surface area contributed by atoms with Crippen molar-refractivity contribution in [2.24, 2.45) is 0 Å². The lowest BCUT2D eigenvalue weighted by Crippen LogP contribution is -2.13. The van der Waals surface area contributed by atoms with Gasteiger partial charge < -0.3 is 4.74 Å². The average molecular weight is 257 g/mol. The quantitative estimate of drug-likeness (QED) is 0.814. The van der Waals surface area contributed by atoms with Crippen molar-refractivity contribution in [1.82, 2.24) is 0 Å². The van der Waals surface area contributed by atoms with Crippen molar-refractivity contribution >= 4 is 22.0 Å². The number of aldehydes is 1. The Bertz CT molecular complexity index is 508. The second-order valence-corrected chi connectivity index (χ2v) is 5.66. The standard InChI is InChI=1S/C11H15NO4S/c1-8(2)16-11-5-4-9(7-13)6-10(11)12-17(3,14)15/h4-8,12H,1-3H3. The fourth-order valence-corrected chi connectivity index (χ4v) is 1.82. The Hall–Kier alpha value is -1.56. The van der Waals surface area contributed by atoms with Crippen LogP contribution >= 0.6 is 0 Å². The molecule has 1 aromatic rings. The molecule has 0 unspecified atom stereocenters. The zero-order valence-corrected chi connectivity index (χ0v) is 10.7. The van der Waals surface area contributed by atoms with Gasteiger partial charge in [0.15, 0.2) is 0 Å². The summed E-state index contributed by atoms with van der Waals surface area (Å²) in [5.74, 6) is 0.399. The second-order valence-electron chi connectivity index (χ2n) is 3.91. The number of ether oxygens (including phenoxy) is 1. The van der Waals surface area contributed by atoms with Crippen LogP contribution in [0.1, 0.15) is 24.2 Å². The third kappa shape index (κ3) is 4.44. The topological polar surface area (TPSA) is 72.5 Å². The number of hydrogen-bond donors (Lipinski definition) is 1. The maximum atomic E-state index is 11.2. The third-order valence-corrected chi connectivity index (χ3v) is 2.39. The summed E-state index contributed by atoms with van der Waals surface area (Å²) < 4.78 is 30.1.